The summed E-state index contributed by atoms with van der Waals surface area (Å²) < 4.78 is 0. The van der Waals surface area contributed by atoms with Gasteiger partial charge in [0.2, 0.25) is 0 Å². The molecule has 1 aromatic carbocycles. The van der Waals surface area contributed by atoms with Crippen molar-refractivity contribution >= 4 is 35.6 Å². The molecule has 1 radical (unpaired) electrons. The Morgan fingerprint density at radius 2 is 1.88 bits per heavy atom. The second-order valence-corrected chi connectivity index (χ2v) is 4.44. The molecule has 0 nitrogen and oxygen atoms in total. The molecule has 16 heavy (non-hydrogen) atoms. The molecule has 1 unspecified atom stereocenters. The smallest absolute Gasteiger partial charge is 0.00272 e. The SMILES string of the molecule is CCCCCCC1C=Cc2ccccc21.[Na]. The van der Waals surface area contributed by atoms with Gasteiger partial charge in [0.05, 0.1) is 0 Å². The van der Waals surface area contributed by atoms with Crippen molar-refractivity contribution in [1.29, 1.82) is 0 Å². The molecule has 0 fully saturated rings. The molecule has 0 amide bonds. The fourth-order valence-corrected chi connectivity index (χ4v) is 2.37. The van der Waals surface area contributed by atoms with E-state index in [0.29, 0.717) is 5.92 Å². The third-order valence-corrected chi connectivity index (χ3v) is 3.27. The predicted molar refractivity (Wildman–Crippen MR) is 72.7 cm³/mol. The van der Waals surface area contributed by atoms with Crippen molar-refractivity contribution < 1.29 is 0 Å². The van der Waals surface area contributed by atoms with Gasteiger partial charge in [0, 0.05) is 35.5 Å². The van der Waals surface area contributed by atoms with Crippen LogP contribution in [0.4, 0.5) is 0 Å². The third-order valence-electron chi connectivity index (χ3n) is 3.27. The van der Waals surface area contributed by atoms with E-state index < -0.39 is 0 Å². The van der Waals surface area contributed by atoms with Crippen LogP contribution in [0.15, 0.2) is 30.3 Å². The molecule has 81 valence electrons. The molecule has 1 aromatic rings. The molecule has 0 heterocycles. The van der Waals surface area contributed by atoms with Crippen LogP contribution in [0.5, 0.6) is 0 Å². The van der Waals surface area contributed by atoms with Gasteiger partial charge in [0.1, 0.15) is 0 Å². The Bertz CT molecular complexity index is 341. The Kier molecular flexibility index (Phi) is 6.41. The number of benzene rings is 1. The number of unbranched alkanes of at least 4 members (excludes halogenated alkanes) is 3. The molecule has 0 N–H and O–H groups in total. The van der Waals surface area contributed by atoms with Gasteiger partial charge in [-0.1, -0.05) is 69.0 Å². The van der Waals surface area contributed by atoms with E-state index in [2.05, 4.69) is 43.3 Å². The number of hydrogen-bond acceptors (Lipinski definition) is 0. The van der Waals surface area contributed by atoms with Crippen LogP contribution in [0.25, 0.3) is 6.08 Å². The molecule has 0 spiro atoms. The molecule has 1 atom stereocenters. The second kappa shape index (κ2) is 7.32. The van der Waals surface area contributed by atoms with E-state index in [0.717, 1.165) is 0 Å². The summed E-state index contributed by atoms with van der Waals surface area (Å²) in [6, 6.07) is 8.78. The van der Waals surface area contributed by atoms with E-state index in [1.54, 1.807) is 0 Å². The molecule has 0 aliphatic heterocycles. The van der Waals surface area contributed by atoms with Crippen molar-refractivity contribution in [3.8, 4) is 0 Å². The van der Waals surface area contributed by atoms with Crippen LogP contribution < -0.4 is 0 Å². The van der Waals surface area contributed by atoms with E-state index in [4.69, 9.17) is 0 Å². The Hall–Kier alpha value is -0.0400. The van der Waals surface area contributed by atoms with E-state index in [1.165, 1.54) is 43.2 Å². The zero-order chi connectivity index (χ0) is 10.5. The maximum atomic E-state index is 2.37. The number of fused-ring (bicyclic) bond motifs is 1. The summed E-state index contributed by atoms with van der Waals surface area (Å²) in [7, 11) is 0. The zero-order valence-electron chi connectivity index (χ0n) is 10.6. The van der Waals surface area contributed by atoms with Crippen LogP contribution >= 0.6 is 0 Å². The summed E-state index contributed by atoms with van der Waals surface area (Å²) in [6.45, 7) is 2.27. The average molecular weight is 223 g/mol. The van der Waals surface area contributed by atoms with E-state index in [1.807, 2.05) is 0 Å². The quantitative estimate of drug-likeness (QED) is 0.513. The molecule has 0 bridgehead atoms. The normalized spacial score (nSPS) is 16.9. The van der Waals surface area contributed by atoms with Crippen LogP contribution in [0.1, 0.15) is 56.1 Å². The third kappa shape index (κ3) is 3.48. The van der Waals surface area contributed by atoms with Crippen molar-refractivity contribution in [3.63, 3.8) is 0 Å². The zero-order valence-corrected chi connectivity index (χ0v) is 12.6. The predicted octanol–water partition coefficient (Wildman–Crippen LogP) is 4.39. The molecule has 2 rings (SSSR count). The first kappa shape index (κ1) is 14.0. The minimum Gasteiger partial charge on any atom is -0.0764 e. The van der Waals surface area contributed by atoms with Gasteiger partial charge >= 0.3 is 0 Å². The van der Waals surface area contributed by atoms with Gasteiger partial charge < -0.3 is 0 Å². The first-order valence-corrected chi connectivity index (χ1v) is 6.19. The summed E-state index contributed by atoms with van der Waals surface area (Å²) in [5.74, 6) is 0.693. The summed E-state index contributed by atoms with van der Waals surface area (Å²) in [6.07, 6.45) is 11.5. The minimum atomic E-state index is 0. The van der Waals surface area contributed by atoms with Gasteiger partial charge in [-0.15, -0.1) is 0 Å². The maximum Gasteiger partial charge on any atom is 0.00272 e. The summed E-state index contributed by atoms with van der Waals surface area (Å²) in [5, 5.41) is 0. The second-order valence-electron chi connectivity index (χ2n) is 4.44. The molecular formula is C15H20Na. The number of hydrogen-bond donors (Lipinski definition) is 0. The molecule has 1 aliphatic carbocycles. The summed E-state index contributed by atoms with van der Waals surface area (Å²) >= 11 is 0. The van der Waals surface area contributed by atoms with Crippen LogP contribution in [0.2, 0.25) is 0 Å². The number of allylic oxidation sites excluding steroid dienone is 1. The van der Waals surface area contributed by atoms with Crippen molar-refractivity contribution in [3.05, 3.63) is 41.5 Å². The molecule has 0 saturated heterocycles. The van der Waals surface area contributed by atoms with Crippen LogP contribution in [-0.4, -0.2) is 29.6 Å². The Morgan fingerprint density at radius 1 is 1.06 bits per heavy atom. The van der Waals surface area contributed by atoms with Gasteiger partial charge in [-0.25, -0.2) is 0 Å². The molecule has 0 aromatic heterocycles. The van der Waals surface area contributed by atoms with Gasteiger partial charge in [-0.3, -0.25) is 0 Å². The number of rotatable bonds is 5. The summed E-state index contributed by atoms with van der Waals surface area (Å²) in [4.78, 5) is 0. The Labute approximate surface area is 121 Å². The first-order chi connectivity index (χ1) is 7.42. The van der Waals surface area contributed by atoms with Crippen LogP contribution in [0.3, 0.4) is 0 Å². The molecular weight excluding hydrogens is 203 g/mol. The van der Waals surface area contributed by atoms with E-state index in [-0.39, 0.29) is 29.6 Å². The van der Waals surface area contributed by atoms with Crippen LogP contribution in [-0.2, 0) is 0 Å². The van der Waals surface area contributed by atoms with Crippen molar-refractivity contribution in [2.45, 2.75) is 44.9 Å². The van der Waals surface area contributed by atoms with Gasteiger partial charge in [-0.05, 0) is 17.5 Å². The van der Waals surface area contributed by atoms with E-state index in [9.17, 15) is 0 Å². The Morgan fingerprint density at radius 3 is 2.69 bits per heavy atom. The van der Waals surface area contributed by atoms with Crippen molar-refractivity contribution in [1.82, 2.24) is 0 Å². The fourth-order valence-electron chi connectivity index (χ4n) is 2.37. The summed E-state index contributed by atoms with van der Waals surface area (Å²) in [5.41, 5.74) is 2.96. The van der Waals surface area contributed by atoms with Crippen molar-refractivity contribution in [2.75, 3.05) is 0 Å². The van der Waals surface area contributed by atoms with E-state index >= 15 is 0 Å². The average Bonchev–Trinajstić information content (AvgIpc) is 2.68. The molecule has 1 heteroatoms. The largest absolute Gasteiger partial charge is 0.0764 e. The first-order valence-electron chi connectivity index (χ1n) is 6.19. The molecule has 0 saturated carbocycles. The Balaban J connectivity index is 0.00000128. The van der Waals surface area contributed by atoms with Crippen LogP contribution in [0, 0.1) is 0 Å². The van der Waals surface area contributed by atoms with Gasteiger partial charge in [-0.2, -0.15) is 0 Å². The maximum absolute atomic E-state index is 2.37. The standard InChI is InChI=1S/C15H20.Na/c1-2-3-4-5-8-13-11-12-14-9-6-7-10-15(13)14;/h6-7,9-13H,2-5,8H2,1H3;. The van der Waals surface area contributed by atoms with Crippen molar-refractivity contribution in [2.24, 2.45) is 0 Å². The topological polar surface area (TPSA) is 0 Å². The minimum absolute atomic E-state index is 0. The monoisotopic (exact) mass is 223 g/mol. The van der Waals surface area contributed by atoms with Gasteiger partial charge in [0.15, 0.2) is 0 Å². The molecule has 1 aliphatic rings. The fraction of sp³-hybridized carbons (Fsp3) is 0.467. The van der Waals surface area contributed by atoms with Gasteiger partial charge in [0.25, 0.3) is 0 Å².